The van der Waals surface area contributed by atoms with E-state index in [1.54, 1.807) is 0 Å². The average molecular weight is 218 g/mol. The van der Waals surface area contributed by atoms with E-state index < -0.39 is 0 Å². The van der Waals surface area contributed by atoms with Gasteiger partial charge in [-0.1, -0.05) is 30.3 Å². The molecule has 0 saturated carbocycles. The van der Waals surface area contributed by atoms with E-state index in [9.17, 15) is 0 Å². The number of hydrogen-bond donors (Lipinski definition) is 1. The fourth-order valence-corrected chi connectivity index (χ4v) is 1.73. The number of benzene rings is 1. The number of hydroxylamine groups is 1. The van der Waals surface area contributed by atoms with Crippen molar-refractivity contribution in [1.82, 2.24) is 5.48 Å². The van der Waals surface area contributed by atoms with Crippen LogP contribution in [0.5, 0.6) is 0 Å². The predicted octanol–water partition coefficient (Wildman–Crippen LogP) is 2.33. The van der Waals surface area contributed by atoms with Crippen LogP contribution in [0.3, 0.4) is 0 Å². The quantitative estimate of drug-likeness (QED) is 0.621. The lowest BCUT2D eigenvalue weighted by atomic mass is 10.2. The second kappa shape index (κ2) is 6.28. The Labute approximate surface area is 96.5 Å². The second-order valence-corrected chi connectivity index (χ2v) is 3.97. The van der Waals surface area contributed by atoms with Crippen molar-refractivity contribution in [2.45, 2.75) is 25.7 Å². The molecule has 1 heterocycles. The molecule has 3 heteroatoms. The maximum atomic E-state index is 5.40. The fourth-order valence-electron chi connectivity index (χ4n) is 1.73. The Balaban J connectivity index is 1.63. The standard InChI is InChI=1S/C13H18N2O/c1-2-6-12(7-3-1)9-11-16-15-13-8-4-5-10-14-13/h1-3,6-7H,4-5,8-11H2,(H,14,15). The topological polar surface area (TPSA) is 33.6 Å². The first-order valence-corrected chi connectivity index (χ1v) is 5.90. The molecule has 1 N–H and O–H groups in total. The van der Waals surface area contributed by atoms with Gasteiger partial charge < -0.3 is 0 Å². The molecule has 0 spiro atoms. The Bertz CT molecular complexity index is 335. The summed E-state index contributed by atoms with van der Waals surface area (Å²) in [6.07, 6.45) is 4.37. The van der Waals surface area contributed by atoms with Crippen molar-refractivity contribution in [2.75, 3.05) is 13.2 Å². The maximum absolute atomic E-state index is 5.40. The summed E-state index contributed by atoms with van der Waals surface area (Å²) in [5.74, 6) is 0.999. The maximum Gasteiger partial charge on any atom is 0.120 e. The van der Waals surface area contributed by atoms with Crippen molar-refractivity contribution in [2.24, 2.45) is 4.99 Å². The van der Waals surface area contributed by atoms with Gasteiger partial charge in [0.1, 0.15) is 5.84 Å². The normalized spacial score (nSPS) is 15.6. The van der Waals surface area contributed by atoms with Crippen molar-refractivity contribution in [1.29, 1.82) is 0 Å². The number of nitrogens with zero attached hydrogens (tertiary/aromatic N) is 1. The lowest BCUT2D eigenvalue weighted by molar-refractivity contribution is 0.0854. The smallest absolute Gasteiger partial charge is 0.120 e. The molecule has 0 bridgehead atoms. The Kier molecular flexibility index (Phi) is 4.37. The van der Waals surface area contributed by atoms with Gasteiger partial charge in [0.15, 0.2) is 0 Å². The summed E-state index contributed by atoms with van der Waals surface area (Å²) in [4.78, 5) is 9.75. The molecule has 0 amide bonds. The summed E-state index contributed by atoms with van der Waals surface area (Å²) in [5.41, 5.74) is 4.24. The molecule has 2 rings (SSSR count). The number of rotatable bonds is 4. The molecule has 0 atom stereocenters. The highest BCUT2D eigenvalue weighted by atomic mass is 16.6. The molecule has 0 saturated heterocycles. The van der Waals surface area contributed by atoms with Crippen LogP contribution in [0.4, 0.5) is 0 Å². The van der Waals surface area contributed by atoms with Crippen LogP contribution in [0.2, 0.25) is 0 Å². The third-order valence-corrected chi connectivity index (χ3v) is 2.65. The van der Waals surface area contributed by atoms with Crippen LogP contribution in [0.1, 0.15) is 24.8 Å². The molecule has 0 aliphatic carbocycles. The monoisotopic (exact) mass is 218 g/mol. The van der Waals surface area contributed by atoms with E-state index in [-0.39, 0.29) is 0 Å². The molecular weight excluding hydrogens is 200 g/mol. The number of aliphatic imine (C=N–C) groups is 1. The minimum absolute atomic E-state index is 0.684. The molecule has 1 aliphatic rings. The van der Waals surface area contributed by atoms with Crippen LogP contribution in [0.25, 0.3) is 0 Å². The summed E-state index contributed by atoms with van der Waals surface area (Å²) >= 11 is 0. The first-order valence-electron chi connectivity index (χ1n) is 5.90. The Hall–Kier alpha value is -1.35. The van der Waals surface area contributed by atoms with Gasteiger partial charge >= 0.3 is 0 Å². The van der Waals surface area contributed by atoms with E-state index in [1.807, 2.05) is 18.2 Å². The van der Waals surface area contributed by atoms with Crippen LogP contribution >= 0.6 is 0 Å². The highest BCUT2D eigenvalue weighted by molar-refractivity contribution is 5.81. The highest BCUT2D eigenvalue weighted by Gasteiger charge is 2.03. The van der Waals surface area contributed by atoms with Crippen LogP contribution in [0, 0.1) is 0 Å². The van der Waals surface area contributed by atoms with E-state index in [1.165, 1.54) is 18.4 Å². The van der Waals surface area contributed by atoms with Gasteiger partial charge in [-0.2, -0.15) is 0 Å². The molecule has 1 aromatic rings. The van der Waals surface area contributed by atoms with Gasteiger partial charge in [0.2, 0.25) is 0 Å². The van der Waals surface area contributed by atoms with E-state index in [4.69, 9.17) is 4.84 Å². The molecule has 0 unspecified atom stereocenters. The summed E-state index contributed by atoms with van der Waals surface area (Å²) in [7, 11) is 0. The lowest BCUT2D eigenvalue weighted by Gasteiger charge is -2.13. The van der Waals surface area contributed by atoms with Gasteiger partial charge in [0.25, 0.3) is 0 Å². The van der Waals surface area contributed by atoms with Gasteiger partial charge in [-0.05, 0) is 24.8 Å². The minimum Gasteiger partial charge on any atom is -0.275 e. The fraction of sp³-hybridized carbons (Fsp3) is 0.462. The molecular formula is C13H18N2O. The molecule has 1 aliphatic heterocycles. The zero-order valence-electron chi connectivity index (χ0n) is 9.48. The SMILES string of the molecule is c1ccc(CCONC2=NCCCC2)cc1. The zero-order valence-corrected chi connectivity index (χ0v) is 9.48. The van der Waals surface area contributed by atoms with E-state index >= 15 is 0 Å². The van der Waals surface area contributed by atoms with Gasteiger partial charge in [0, 0.05) is 13.0 Å². The molecule has 86 valence electrons. The van der Waals surface area contributed by atoms with Gasteiger partial charge in [-0.3, -0.25) is 15.3 Å². The van der Waals surface area contributed by atoms with Crippen LogP contribution in [0.15, 0.2) is 35.3 Å². The lowest BCUT2D eigenvalue weighted by Crippen LogP contribution is -2.26. The van der Waals surface area contributed by atoms with Gasteiger partial charge in [0.05, 0.1) is 6.61 Å². The third-order valence-electron chi connectivity index (χ3n) is 2.65. The summed E-state index contributed by atoms with van der Waals surface area (Å²) < 4.78 is 0. The average Bonchev–Trinajstić information content (AvgIpc) is 2.37. The van der Waals surface area contributed by atoms with Gasteiger partial charge in [-0.25, -0.2) is 0 Å². The molecule has 0 radical (unpaired) electrons. The van der Waals surface area contributed by atoms with E-state index in [0.29, 0.717) is 6.61 Å². The Morgan fingerprint density at radius 1 is 1.19 bits per heavy atom. The van der Waals surface area contributed by atoms with Crippen molar-refractivity contribution in [3.63, 3.8) is 0 Å². The Morgan fingerprint density at radius 3 is 2.81 bits per heavy atom. The molecule has 0 fully saturated rings. The first-order chi connectivity index (χ1) is 7.95. The van der Waals surface area contributed by atoms with Gasteiger partial charge in [-0.15, -0.1) is 0 Å². The summed E-state index contributed by atoms with van der Waals surface area (Å²) in [6.45, 7) is 1.62. The van der Waals surface area contributed by atoms with Crippen molar-refractivity contribution < 1.29 is 4.84 Å². The highest BCUT2D eigenvalue weighted by Crippen LogP contribution is 2.04. The van der Waals surface area contributed by atoms with E-state index in [0.717, 1.165) is 25.2 Å². The van der Waals surface area contributed by atoms with Crippen molar-refractivity contribution in [3.8, 4) is 0 Å². The largest absolute Gasteiger partial charge is 0.275 e. The number of nitrogens with one attached hydrogen (secondary N) is 1. The summed E-state index contributed by atoms with van der Waals surface area (Å²) in [6, 6.07) is 10.4. The molecule has 3 nitrogen and oxygen atoms in total. The van der Waals surface area contributed by atoms with Crippen LogP contribution < -0.4 is 5.48 Å². The number of hydrogen-bond acceptors (Lipinski definition) is 3. The zero-order chi connectivity index (χ0) is 11.1. The molecule has 16 heavy (non-hydrogen) atoms. The second-order valence-electron chi connectivity index (χ2n) is 3.97. The number of amidine groups is 1. The molecule has 0 aromatic heterocycles. The van der Waals surface area contributed by atoms with Crippen LogP contribution in [-0.2, 0) is 11.3 Å². The first kappa shape index (κ1) is 11.1. The van der Waals surface area contributed by atoms with E-state index in [2.05, 4.69) is 22.6 Å². The third kappa shape index (κ3) is 3.66. The minimum atomic E-state index is 0.684. The molecule has 1 aromatic carbocycles. The Morgan fingerprint density at radius 2 is 2.06 bits per heavy atom. The summed E-state index contributed by atoms with van der Waals surface area (Å²) in [5, 5.41) is 0. The van der Waals surface area contributed by atoms with Crippen molar-refractivity contribution in [3.05, 3.63) is 35.9 Å². The predicted molar refractivity (Wildman–Crippen MR) is 65.4 cm³/mol. The van der Waals surface area contributed by atoms with Crippen molar-refractivity contribution >= 4 is 5.84 Å². The van der Waals surface area contributed by atoms with Crippen LogP contribution in [-0.4, -0.2) is 19.0 Å².